The fourth-order valence-electron chi connectivity index (χ4n) is 4.15. The minimum absolute atomic E-state index is 0.0201. The number of hydrogen-bond acceptors (Lipinski definition) is 6. The number of hydrogen-bond donors (Lipinski definition) is 3. The summed E-state index contributed by atoms with van der Waals surface area (Å²) in [7, 11) is -2.82. The number of nitrogens with two attached hydrogens (primary N) is 1. The number of alkyl halides is 2. The molecule has 0 aliphatic carbocycles. The van der Waals surface area contributed by atoms with Gasteiger partial charge in [0.25, 0.3) is 0 Å². The van der Waals surface area contributed by atoms with Crippen LogP contribution in [-0.4, -0.2) is 35.1 Å². The molecule has 0 fully saturated rings. The maximum absolute atomic E-state index is 13.0. The van der Waals surface area contributed by atoms with Gasteiger partial charge in [0.2, 0.25) is 7.44 Å². The monoisotopic (exact) mass is 825 g/mol. The molecule has 0 radical (unpaired) electrons. The van der Waals surface area contributed by atoms with E-state index in [1.807, 2.05) is 38.1 Å². The van der Waals surface area contributed by atoms with E-state index in [9.17, 15) is 9.36 Å². The van der Waals surface area contributed by atoms with Crippen molar-refractivity contribution in [3.05, 3.63) is 70.7 Å². The maximum atomic E-state index is 13.0. The van der Waals surface area contributed by atoms with Gasteiger partial charge < -0.3 is 19.8 Å². The molecule has 41 heavy (non-hydrogen) atoms. The summed E-state index contributed by atoms with van der Waals surface area (Å²) in [6.07, 6.45) is -0.784. The predicted octanol–water partition coefficient (Wildman–Crippen LogP) is 7.42. The maximum Gasteiger partial charge on any atom is 0.404 e. The van der Waals surface area contributed by atoms with E-state index in [0.29, 0.717) is 31.2 Å². The molecule has 0 bridgehead atoms. The van der Waals surface area contributed by atoms with Crippen LogP contribution in [0.5, 0.6) is 5.75 Å². The number of aromatic nitrogens is 2. The number of amides is 1. The number of primary amides is 1. The van der Waals surface area contributed by atoms with E-state index in [2.05, 4.69) is 92.0 Å². The molecule has 0 aliphatic rings. The summed E-state index contributed by atoms with van der Waals surface area (Å²) < 4.78 is 28.0. The Balaban J connectivity index is 1.93. The van der Waals surface area contributed by atoms with Gasteiger partial charge in [-0.2, -0.15) is 0 Å². The van der Waals surface area contributed by atoms with E-state index in [0.717, 1.165) is 30.0 Å². The van der Waals surface area contributed by atoms with Crippen LogP contribution in [0, 0.1) is 0 Å². The van der Waals surface area contributed by atoms with Gasteiger partial charge in [-0.25, -0.2) is 9.78 Å². The molecule has 0 atom stereocenters. The standard InChI is InChI=1S/C28H38I2N5O4PS/c1-5-32-40(37,33-6-2)18-39-23-9-7-20(8-10-23)16-35-25(17-38-28(31)36)34-26(19(3)4)27(35)41-24-12-21(14-29)11-22(13-24)15-30/h7-13,19H,5-6,14-18H2,1-4H3,(H2,31,36)(H2,32,33,37). The lowest BCUT2D eigenvalue weighted by atomic mass is 10.1. The summed E-state index contributed by atoms with van der Waals surface area (Å²) in [5, 5.41) is 7.03. The number of carbonyl (C=O) groups is 1. The fourth-order valence-corrected chi connectivity index (χ4v) is 7.98. The van der Waals surface area contributed by atoms with Gasteiger partial charge in [0, 0.05) is 33.4 Å². The molecule has 9 nitrogen and oxygen atoms in total. The lowest BCUT2D eigenvalue weighted by Gasteiger charge is -2.20. The van der Waals surface area contributed by atoms with Gasteiger partial charge in [-0.3, -0.25) is 14.7 Å². The molecule has 1 aromatic heterocycles. The fraction of sp³-hybridized carbons (Fsp3) is 0.429. The van der Waals surface area contributed by atoms with Crippen molar-refractivity contribution >= 4 is 70.5 Å². The van der Waals surface area contributed by atoms with Gasteiger partial charge in [-0.05, 0) is 46.9 Å². The number of ether oxygens (including phenoxy) is 2. The highest BCUT2D eigenvalue weighted by Gasteiger charge is 2.23. The smallest absolute Gasteiger partial charge is 0.404 e. The van der Waals surface area contributed by atoms with Crippen LogP contribution in [0.3, 0.4) is 0 Å². The Morgan fingerprint density at radius 3 is 2.17 bits per heavy atom. The minimum atomic E-state index is -2.82. The third-order valence-electron chi connectivity index (χ3n) is 5.97. The Hall–Kier alpha value is -1.32. The van der Waals surface area contributed by atoms with Crippen molar-refractivity contribution in [3.8, 4) is 5.75 Å². The van der Waals surface area contributed by atoms with Crippen molar-refractivity contribution in [2.75, 3.05) is 19.4 Å². The lowest BCUT2D eigenvalue weighted by Crippen LogP contribution is -2.26. The van der Waals surface area contributed by atoms with E-state index < -0.39 is 13.5 Å². The van der Waals surface area contributed by atoms with Crippen LogP contribution in [0.4, 0.5) is 4.79 Å². The third kappa shape index (κ3) is 10.1. The Kier molecular flexibility index (Phi) is 13.8. The molecule has 0 aliphatic heterocycles. The first-order valence-electron chi connectivity index (χ1n) is 13.4. The molecular weight excluding hydrogens is 787 g/mol. The molecule has 0 unspecified atom stereocenters. The van der Waals surface area contributed by atoms with Gasteiger partial charge in [0.1, 0.15) is 16.6 Å². The average molecular weight is 825 g/mol. The van der Waals surface area contributed by atoms with Crippen LogP contribution in [0.2, 0.25) is 0 Å². The topological polar surface area (TPSA) is 120 Å². The van der Waals surface area contributed by atoms with E-state index >= 15 is 0 Å². The van der Waals surface area contributed by atoms with Crippen molar-refractivity contribution in [1.29, 1.82) is 0 Å². The van der Waals surface area contributed by atoms with Gasteiger partial charge >= 0.3 is 6.09 Å². The largest absolute Gasteiger partial charge is 0.483 e. The third-order valence-corrected chi connectivity index (χ3v) is 11.0. The highest BCUT2D eigenvalue weighted by molar-refractivity contribution is 14.1. The van der Waals surface area contributed by atoms with Crippen molar-refractivity contribution in [1.82, 2.24) is 19.7 Å². The Labute approximate surface area is 274 Å². The Morgan fingerprint density at radius 2 is 1.66 bits per heavy atom. The number of carbonyl (C=O) groups excluding carboxylic acids is 1. The summed E-state index contributed by atoms with van der Waals surface area (Å²) in [5.74, 6) is 1.42. The average Bonchev–Trinajstić information content (AvgIpc) is 3.28. The molecule has 0 saturated heterocycles. The number of nitrogens with one attached hydrogen (secondary N) is 2. The molecule has 1 heterocycles. The number of imidazole rings is 1. The molecule has 0 spiro atoms. The summed E-state index contributed by atoms with van der Waals surface area (Å²) in [6, 6.07) is 14.4. The second kappa shape index (κ2) is 16.5. The second-order valence-corrected chi connectivity index (χ2v) is 14.6. The van der Waals surface area contributed by atoms with Crippen molar-refractivity contribution in [2.45, 2.75) is 65.5 Å². The normalized spacial score (nSPS) is 11.7. The predicted molar refractivity (Wildman–Crippen MR) is 183 cm³/mol. The first kappa shape index (κ1) is 34.2. The first-order valence-corrected chi connectivity index (χ1v) is 19.1. The molecule has 224 valence electrons. The Bertz CT molecular complexity index is 1320. The molecule has 3 aromatic rings. The van der Waals surface area contributed by atoms with Crippen LogP contribution >= 0.6 is 64.4 Å². The van der Waals surface area contributed by atoms with Crippen LogP contribution in [-0.2, 0) is 31.3 Å². The zero-order chi connectivity index (χ0) is 30.0. The van der Waals surface area contributed by atoms with Crippen LogP contribution < -0.4 is 20.6 Å². The highest BCUT2D eigenvalue weighted by atomic mass is 127. The van der Waals surface area contributed by atoms with Crippen LogP contribution in [0.15, 0.2) is 52.4 Å². The summed E-state index contributed by atoms with van der Waals surface area (Å²) in [6.45, 7) is 9.71. The summed E-state index contributed by atoms with van der Waals surface area (Å²) in [5.41, 5.74) is 9.81. The zero-order valence-electron chi connectivity index (χ0n) is 23.8. The quantitative estimate of drug-likeness (QED) is 0.0776. The molecule has 13 heteroatoms. The minimum Gasteiger partial charge on any atom is -0.483 e. The lowest BCUT2D eigenvalue weighted by molar-refractivity contribution is 0.145. The molecule has 3 rings (SSSR count). The number of benzene rings is 2. The highest BCUT2D eigenvalue weighted by Crippen LogP contribution is 2.38. The van der Waals surface area contributed by atoms with Gasteiger partial charge in [-0.15, -0.1) is 0 Å². The number of halogens is 2. The van der Waals surface area contributed by atoms with Crippen molar-refractivity contribution < 1.29 is 18.8 Å². The summed E-state index contributed by atoms with van der Waals surface area (Å²) in [4.78, 5) is 17.5. The van der Waals surface area contributed by atoms with E-state index in [4.69, 9.17) is 20.2 Å². The molecular formula is C28H38I2N5O4PS. The Morgan fingerprint density at radius 1 is 1.05 bits per heavy atom. The first-order chi connectivity index (χ1) is 19.6. The van der Waals surface area contributed by atoms with Gasteiger partial charge in [-0.1, -0.05) is 103 Å². The number of nitrogens with zero attached hydrogens (tertiary/aromatic N) is 2. The van der Waals surface area contributed by atoms with E-state index in [1.54, 1.807) is 11.8 Å². The molecule has 2 aromatic carbocycles. The number of rotatable bonds is 16. The zero-order valence-corrected chi connectivity index (χ0v) is 29.8. The van der Waals surface area contributed by atoms with Crippen molar-refractivity contribution in [2.24, 2.45) is 5.73 Å². The molecule has 1 amide bonds. The molecule has 0 saturated carbocycles. The SMILES string of the molecule is CCNP(=O)(COc1ccc(Cn2c(COC(N)=O)nc(C(C)C)c2Sc2cc(CI)cc(CI)c2)cc1)NCC. The molecule has 4 N–H and O–H groups in total. The van der Waals surface area contributed by atoms with Crippen molar-refractivity contribution in [3.63, 3.8) is 0 Å². The van der Waals surface area contributed by atoms with E-state index in [-0.39, 0.29) is 18.9 Å². The second-order valence-electron chi connectivity index (χ2n) is 9.60. The van der Waals surface area contributed by atoms with Crippen LogP contribution in [0.25, 0.3) is 0 Å². The van der Waals surface area contributed by atoms with Gasteiger partial charge in [0.15, 0.2) is 13.0 Å². The van der Waals surface area contributed by atoms with Gasteiger partial charge in [0.05, 0.1) is 5.69 Å². The van der Waals surface area contributed by atoms with E-state index in [1.165, 1.54) is 11.1 Å². The summed E-state index contributed by atoms with van der Waals surface area (Å²) >= 11 is 6.46. The van der Waals surface area contributed by atoms with Crippen LogP contribution in [0.1, 0.15) is 61.8 Å².